The number of nitrogens with zero attached hydrogens (tertiary/aromatic N) is 3. The third-order valence-corrected chi connectivity index (χ3v) is 5.71. The summed E-state index contributed by atoms with van der Waals surface area (Å²) >= 11 is 0. The van der Waals surface area contributed by atoms with Crippen molar-refractivity contribution in [2.75, 3.05) is 0 Å². The van der Waals surface area contributed by atoms with Crippen molar-refractivity contribution in [1.29, 1.82) is 0 Å². The van der Waals surface area contributed by atoms with Crippen LogP contribution in [0.5, 0.6) is 0 Å². The van der Waals surface area contributed by atoms with Gasteiger partial charge < -0.3 is 19.0 Å². The number of benzene rings is 2. The van der Waals surface area contributed by atoms with E-state index in [2.05, 4.69) is 19.7 Å². The molecule has 0 aliphatic carbocycles. The molecular formula is C34H34F6N4O4. The first-order chi connectivity index (χ1) is 22.3. The highest BCUT2D eigenvalue weighted by molar-refractivity contribution is 5.87. The summed E-state index contributed by atoms with van der Waals surface area (Å²) in [6, 6.07) is 7.68. The van der Waals surface area contributed by atoms with Gasteiger partial charge in [0.1, 0.15) is 0 Å². The van der Waals surface area contributed by atoms with Crippen LogP contribution in [0.2, 0.25) is 0 Å². The first kappa shape index (κ1) is 38.9. The minimum absolute atomic E-state index is 0.112. The number of hydrogen-bond acceptors (Lipinski definition) is 6. The van der Waals surface area contributed by atoms with Crippen LogP contribution in [0.15, 0.2) is 67.5 Å². The minimum Gasteiger partial charge on any atom is -0.460 e. The molecule has 2 aromatic heterocycles. The smallest absolute Gasteiger partial charge is 0.416 e. The lowest BCUT2D eigenvalue weighted by Crippen LogP contribution is -2.08. The molecule has 0 atom stereocenters. The fourth-order valence-corrected chi connectivity index (χ4v) is 3.84. The predicted molar refractivity (Wildman–Crippen MR) is 168 cm³/mol. The number of aromatic amines is 1. The van der Waals surface area contributed by atoms with Gasteiger partial charge in [0.2, 0.25) is 0 Å². The van der Waals surface area contributed by atoms with Crippen LogP contribution in [0, 0.1) is 26.2 Å². The minimum atomic E-state index is -4.41. The Morgan fingerprint density at radius 1 is 0.875 bits per heavy atom. The Balaban J connectivity index is 0.000000285. The van der Waals surface area contributed by atoms with Crippen molar-refractivity contribution >= 4 is 18.1 Å². The van der Waals surface area contributed by atoms with Crippen molar-refractivity contribution < 1.29 is 45.4 Å². The van der Waals surface area contributed by atoms with Gasteiger partial charge in [-0.15, -0.1) is 6.42 Å². The molecule has 0 aliphatic heterocycles. The number of carbonyl (C=O) groups is 2. The third kappa shape index (κ3) is 13.2. The lowest BCUT2D eigenvalue weighted by atomic mass is 10.0. The van der Waals surface area contributed by atoms with Crippen LogP contribution in [0.1, 0.15) is 49.9 Å². The third-order valence-electron chi connectivity index (χ3n) is 5.71. The van der Waals surface area contributed by atoms with Gasteiger partial charge in [0.25, 0.3) is 0 Å². The second kappa shape index (κ2) is 17.0. The van der Waals surface area contributed by atoms with Gasteiger partial charge in [0, 0.05) is 35.5 Å². The van der Waals surface area contributed by atoms with Crippen molar-refractivity contribution in [1.82, 2.24) is 19.5 Å². The standard InChI is InChI=1S/C17H17F3N2O2.C11H9F3N2.C6H8O2/c1-11(2)24-16(23)4-5-22-9-15(21-10-22)13-6-12(3)7-14(8-13)17(18,19)20;1-7-2-8(10-5-15-6-16-10)4-9(3-7)11(12,13)14;1-4-6(7)8-5(2)3/h4-11H,1-3H3;2-6H,1H3,(H,15,16);1,5H,2-3H3/b5-4-;;. The monoisotopic (exact) mass is 676 g/mol. The molecule has 8 nitrogen and oxygen atoms in total. The summed E-state index contributed by atoms with van der Waals surface area (Å²) in [6.07, 6.45) is 4.15. The molecule has 0 unspecified atom stereocenters. The van der Waals surface area contributed by atoms with Gasteiger partial charge in [-0.3, -0.25) is 0 Å². The fourth-order valence-electron chi connectivity index (χ4n) is 3.84. The molecule has 4 aromatic rings. The van der Waals surface area contributed by atoms with Crippen molar-refractivity contribution in [2.45, 2.75) is 66.1 Å². The zero-order valence-electron chi connectivity index (χ0n) is 26.9. The molecule has 256 valence electrons. The summed E-state index contributed by atoms with van der Waals surface area (Å²) in [5.74, 6) is 0.733. The molecule has 0 radical (unpaired) electrons. The van der Waals surface area contributed by atoms with Crippen molar-refractivity contribution in [2.24, 2.45) is 0 Å². The molecule has 2 heterocycles. The Morgan fingerprint density at radius 2 is 1.42 bits per heavy atom. The number of aryl methyl sites for hydroxylation is 2. The molecule has 0 aliphatic rings. The van der Waals surface area contributed by atoms with Crippen LogP contribution in [0.25, 0.3) is 28.7 Å². The predicted octanol–water partition coefficient (Wildman–Crippen LogP) is 8.27. The van der Waals surface area contributed by atoms with E-state index in [1.807, 2.05) is 5.92 Å². The molecule has 14 heteroatoms. The fraction of sp³-hybridized carbons (Fsp3) is 0.294. The van der Waals surface area contributed by atoms with Crippen molar-refractivity contribution in [3.8, 4) is 34.9 Å². The highest BCUT2D eigenvalue weighted by Crippen LogP contribution is 2.34. The number of hydrogen-bond donors (Lipinski definition) is 1. The number of nitrogens with one attached hydrogen (secondary N) is 1. The van der Waals surface area contributed by atoms with Crippen LogP contribution in [0.4, 0.5) is 26.3 Å². The highest BCUT2D eigenvalue weighted by atomic mass is 19.4. The summed E-state index contributed by atoms with van der Waals surface area (Å²) in [5, 5.41) is 0. The first-order valence-corrected chi connectivity index (χ1v) is 14.2. The lowest BCUT2D eigenvalue weighted by Gasteiger charge is -2.09. The lowest BCUT2D eigenvalue weighted by molar-refractivity contribution is -0.141. The van der Waals surface area contributed by atoms with E-state index in [1.165, 1.54) is 41.9 Å². The largest absolute Gasteiger partial charge is 0.460 e. The maximum atomic E-state index is 12.9. The van der Waals surface area contributed by atoms with E-state index in [9.17, 15) is 35.9 Å². The Kier molecular flexibility index (Phi) is 13.8. The van der Waals surface area contributed by atoms with Gasteiger partial charge in [0.05, 0.1) is 53.6 Å². The number of ether oxygens (including phenoxy) is 2. The SMILES string of the molecule is C#CC(=O)OC(C)C.Cc1cc(-c2cn(/C=C\C(=O)OC(C)C)cn2)cc(C(F)(F)F)c1.Cc1cc(-c2cnc[nH]2)cc(C(F)(F)F)c1. The number of halogens is 6. The van der Waals surface area contributed by atoms with Crippen LogP contribution in [-0.2, 0) is 31.4 Å². The first-order valence-electron chi connectivity index (χ1n) is 14.2. The van der Waals surface area contributed by atoms with Crippen LogP contribution < -0.4 is 0 Å². The molecule has 0 fully saturated rings. The Labute approximate surface area is 273 Å². The van der Waals surface area contributed by atoms with E-state index in [4.69, 9.17) is 11.2 Å². The molecule has 0 saturated heterocycles. The zero-order valence-corrected chi connectivity index (χ0v) is 26.9. The Morgan fingerprint density at radius 3 is 1.88 bits per heavy atom. The molecule has 48 heavy (non-hydrogen) atoms. The Bertz CT molecular complexity index is 1730. The average molecular weight is 677 g/mol. The average Bonchev–Trinajstić information content (AvgIpc) is 3.68. The number of terminal acetylenes is 1. The molecule has 0 spiro atoms. The van der Waals surface area contributed by atoms with Crippen molar-refractivity contribution in [3.63, 3.8) is 0 Å². The number of carbonyl (C=O) groups excluding carboxylic acids is 2. The van der Waals surface area contributed by atoms with E-state index in [0.717, 1.165) is 24.3 Å². The van der Waals surface area contributed by atoms with Gasteiger partial charge in [-0.05, 0) is 89.1 Å². The van der Waals surface area contributed by atoms with Gasteiger partial charge >= 0.3 is 24.3 Å². The number of H-pyrrole nitrogens is 1. The molecule has 4 rings (SSSR count). The number of alkyl halides is 6. The second-order valence-electron chi connectivity index (χ2n) is 10.7. The maximum absolute atomic E-state index is 12.9. The summed E-state index contributed by atoms with van der Waals surface area (Å²) in [7, 11) is 0. The van der Waals surface area contributed by atoms with Crippen molar-refractivity contribution in [3.05, 3.63) is 89.8 Å². The molecule has 0 saturated carbocycles. The summed E-state index contributed by atoms with van der Waals surface area (Å²) in [4.78, 5) is 32.2. The Hall–Kier alpha value is -5.32. The highest BCUT2D eigenvalue weighted by Gasteiger charge is 2.32. The molecule has 0 bridgehead atoms. The summed E-state index contributed by atoms with van der Waals surface area (Å²) in [5.41, 5.74) is 1.51. The van der Waals surface area contributed by atoms with E-state index in [0.29, 0.717) is 33.6 Å². The maximum Gasteiger partial charge on any atom is 0.416 e. The number of aromatic nitrogens is 4. The molecule has 1 N–H and O–H groups in total. The van der Waals surface area contributed by atoms with Gasteiger partial charge in [-0.25, -0.2) is 19.6 Å². The topological polar surface area (TPSA) is 99.1 Å². The van der Waals surface area contributed by atoms with Crippen LogP contribution >= 0.6 is 0 Å². The quantitative estimate of drug-likeness (QED) is 0.0726. The number of rotatable bonds is 6. The number of imidazole rings is 2. The molecular weight excluding hydrogens is 642 g/mol. The van der Waals surface area contributed by atoms with E-state index in [-0.39, 0.29) is 12.2 Å². The number of esters is 2. The van der Waals surface area contributed by atoms with E-state index >= 15 is 0 Å². The zero-order chi connectivity index (χ0) is 36.2. The molecule has 0 amide bonds. The second-order valence-corrected chi connectivity index (χ2v) is 10.7. The van der Waals surface area contributed by atoms with Crippen LogP contribution in [0.3, 0.4) is 0 Å². The van der Waals surface area contributed by atoms with Gasteiger partial charge in [-0.2, -0.15) is 26.3 Å². The van der Waals surface area contributed by atoms with E-state index < -0.39 is 35.4 Å². The van der Waals surface area contributed by atoms with E-state index in [1.54, 1.807) is 53.7 Å². The summed E-state index contributed by atoms with van der Waals surface area (Å²) in [6.45, 7) is 10.2. The van der Waals surface area contributed by atoms with Gasteiger partial charge in [-0.1, -0.05) is 0 Å². The van der Waals surface area contributed by atoms with Crippen LogP contribution in [-0.4, -0.2) is 43.7 Å². The normalized spacial score (nSPS) is 11.4. The molecule has 2 aromatic carbocycles. The summed E-state index contributed by atoms with van der Waals surface area (Å²) < 4.78 is 87.3. The van der Waals surface area contributed by atoms with Gasteiger partial charge in [0.15, 0.2) is 0 Å².